The van der Waals surface area contributed by atoms with E-state index in [1.54, 1.807) is 0 Å². The van der Waals surface area contributed by atoms with Gasteiger partial charge in [0.15, 0.2) is 5.75 Å². The van der Waals surface area contributed by atoms with Crippen molar-refractivity contribution in [2.75, 3.05) is 6.61 Å². The average molecular weight is 192 g/mol. The number of hydrogen-bond acceptors (Lipinski definition) is 2. The van der Waals surface area contributed by atoms with Crippen LogP contribution in [0.4, 0.5) is 0 Å². The van der Waals surface area contributed by atoms with Crippen LogP contribution in [0.5, 0.6) is 5.75 Å². The maximum absolute atomic E-state index is 5.18. The molecule has 0 N–H and O–H groups in total. The molecule has 0 aliphatic heterocycles. The fourth-order valence-corrected chi connectivity index (χ4v) is 1.10. The van der Waals surface area contributed by atoms with Crippen LogP contribution in [-0.4, -0.2) is 6.61 Å². The van der Waals surface area contributed by atoms with E-state index in [0.29, 0.717) is 6.61 Å². The Morgan fingerprint density at radius 2 is 2.14 bits per heavy atom. The Balaban J connectivity index is 2.59. The van der Waals surface area contributed by atoms with Gasteiger partial charge in [0, 0.05) is 5.56 Å². The van der Waals surface area contributed by atoms with E-state index in [9.17, 15) is 0 Å². The molecule has 0 aliphatic rings. The monoisotopic (exact) mass is 192 g/mol. The van der Waals surface area contributed by atoms with Gasteiger partial charge in [0.05, 0.1) is 6.61 Å². The van der Waals surface area contributed by atoms with Crippen LogP contribution < -0.4 is 4.89 Å². The van der Waals surface area contributed by atoms with Crippen LogP contribution in [0.1, 0.15) is 18.9 Å². The van der Waals surface area contributed by atoms with Crippen molar-refractivity contribution in [2.45, 2.75) is 19.8 Å². The highest BCUT2D eigenvalue weighted by Crippen LogP contribution is 2.18. The van der Waals surface area contributed by atoms with Crippen LogP contribution in [-0.2, 0) is 11.3 Å². The molecular weight excluding hydrogens is 176 g/mol. The zero-order chi connectivity index (χ0) is 10.2. The molecule has 2 heteroatoms. The van der Waals surface area contributed by atoms with Crippen LogP contribution in [0, 0.1) is 0 Å². The van der Waals surface area contributed by atoms with Gasteiger partial charge in [-0.3, -0.25) is 0 Å². The van der Waals surface area contributed by atoms with Gasteiger partial charge in [-0.1, -0.05) is 31.2 Å². The zero-order valence-electron chi connectivity index (χ0n) is 8.53. The summed E-state index contributed by atoms with van der Waals surface area (Å²) in [6, 6.07) is 7.81. The van der Waals surface area contributed by atoms with Gasteiger partial charge >= 0.3 is 0 Å². The highest BCUT2D eigenvalue weighted by atomic mass is 17.2. The highest BCUT2D eigenvalue weighted by molar-refractivity contribution is 5.34. The lowest BCUT2D eigenvalue weighted by molar-refractivity contribution is -0.206. The molecule has 14 heavy (non-hydrogen) atoms. The lowest BCUT2D eigenvalue weighted by Crippen LogP contribution is -2.00. The summed E-state index contributed by atoms with van der Waals surface area (Å²) in [6.45, 7) is 6.35. The van der Waals surface area contributed by atoms with Crippen molar-refractivity contribution in [3.8, 4) is 5.75 Å². The van der Waals surface area contributed by atoms with E-state index >= 15 is 0 Å². The predicted molar refractivity (Wildman–Crippen MR) is 57.2 cm³/mol. The minimum atomic E-state index is 0.614. The van der Waals surface area contributed by atoms with Crippen molar-refractivity contribution in [2.24, 2.45) is 0 Å². The first kappa shape index (κ1) is 10.8. The van der Waals surface area contributed by atoms with Gasteiger partial charge in [-0.05, 0) is 18.9 Å². The van der Waals surface area contributed by atoms with Gasteiger partial charge in [-0.2, -0.15) is 4.89 Å². The number of para-hydroxylation sites is 1. The third-order valence-corrected chi connectivity index (χ3v) is 1.77. The summed E-state index contributed by atoms with van der Waals surface area (Å²) >= 11 is 0. The van der Waals surface area contributed by atoms with Gasteiger partial charge in [0.2, 0.25) is 0 Å². The van der Waals surface area contributed by atoms with Crippen molar-refractivity contribution in [3.63, 3.8) is 0 Å². The first-order chi connectivity index (χ1) is 6.88. The topological polar surface area (TPSA) is 18.5 Å². The molecule has 0 fully saturated rings. The first-order valence-corrected chi connectivity index (χ1v) is 4.86. The Kier molecular flexibility index (Phi) is 4.79. The third kappa shape index (κ3) is 3.23. The maximum atomic E-state index is 5.18. The molecule has 0 amide bonds. The van der Waals surface area contributed by atoms with Crippen LogP contribution in [0.3, 0.4) is 0 Å². The summed E-state index contributed by atoms with van der Waals surface area (Å²) in [4.78, 5) is 10.2. The molecule has 2 nitrogen and oxygen atoms in total. The summed E-state index contributed by atoms with van der Waals surface area (Å²) < 4.78 is 0. The summed E-state index contributed by atoms with van der Waals surface area (Å²) in [7, 11) is 0. The number of hydrogen-bond donors (Lipinski definition) is 0. The molecule has 0 aliphatic carbocycles. The van der Waals surface area contributed by atoms with Crippen molar-refractivity contribution < 1.29 is 9.78 Å². The summed E-state index contributed by atoms with van der Waals surface area (Å²) in [6.07, 6.45) is 3.59. The molecule has 0 heterocycles. The van der Waals surface area contributed by atoms with Crippen molar-refractivity contribution in [1.29, 1.82) is 0 Å². The Hall–Kier alpha value is -1.28. The fourth-order valence-electron chi connectivity index (χ4n) is 1.10. The second kappa shape index (κ2) is 6.22. The predicted octanol–water partition coefficient (Wildman–Crippen LogP) is 3.14. The van der Waals surface area contributed by atoms with Gasteiger partial charge in [-0.15, -0.1) is 6.58 Å². The highest BCUT2D eigenvalue weighted by Gasteiger charge is 2.01. The molecular formula is C12H16O2. The second-order valence-electron chi connectivity index (χ2n) is 3.01. The molecule has 0 spiro atoms. The van der Waals surface area contributed by atoms with Gasteiger partial charge in [0.1, 0.15) is 0 Å². The lowest BCUT2D eigenvalue weighted by atomic mass is 10.1. The van der Waals surface area contributed by atoms with E-state index in [-0.39, 0.29) is 0 Å². The maximum Gasteiger partial charge on any atom is 0.168 e. The van der Waals surface area contributed by atoms with Gasteiger partial charge < -0.3 is 4.89 Å². The first-order valence-electron chi connectivity index (χ1n) is 4.86. The Morgan fingerprint density at radius 1 is 1.36 bits per heavy atom. The largest absolute Gasteiger partial charge is 0.337 e. The SMILES string of the molecule is C=CCc1ccccc1OOCCC. The van der Waals surface area contributed by atoms with Gasteiger partial charge in [0.25, 0.3) is 0 Å². The second-order valence-corrected chi connectivity index (χ2v) is 3.01. The standard InChI is InChI=1S/C12H16O2/c1-3-7-11-8-5-6-9-12(11)14-13-10-4-2/h3,5-6,8-9H,1,4,7,10H2,2H3. The van der Waals surface area contributed by atoms with E-state index in [1.807, 2.05) is 37.3 Å². The molecule has 0 saturated carbocycles. The Morgan fingerprint density at radius 3 is 2.86 bits per heavy atom. The molecule has 0 unspecified atom stereocenters. The smallest absolute Gasteiger partial charge is 0.168 e. The van der Waals surface area contributed by atoms with Gasteiger partial charge in [-0.25, -0.2) is 0 Å². The Labute approximate surface area is 85.1 Å². The molecule has 0 aromatic heterocycles. The molecule has 0 bridgehead atoms. The summed E-state index contributed by atoms with van der Waals surface area (Å²) in [5, 5.41) is 0. The third-order valence-electron chi connectivity index (χ3n) is 1.77. The molecule has 1 aromatic rings. The van der Waals surface area contributed by atoms with Crippen molar-refractivity contribution in [1.82, 2.24) is 0 Å². The van der Waals surface area contributed by atoms with E-state index in [4.69, 9.17) is 9.78 Å². The number of rotatable bonds is 6. The Bertz CT molecular complexity index is 281. The van der Waals surface area contributed by atoms with E-state index < -0.39 is 0 Å². The van der Waals surface area contributed by atoms with Crippen LogP contribution >= 0.6 is 0 Å². The normalized spacial score (nSPS) is 9.79. The van der Waals surface area contributed by atoms with Crippen LogP contribution in [0.15, 0.2) is 36.9 Å². The lowest BCUT2D eigenvalue weighted by Gasteiger charge is -2.07. The zero-order valence-corrected chi connectivity index (χ0v) is 8.53. The van der Waals surface area contributed by atoms with Crippen molar-refractivity contribution >= 4 is 0 Å². The van der Waals surface area contributed by atoms with E-state index in [1.165, 1.54) is 0 Å². The molecule has 0 saturated heterocycles. The molecule has 0 radical (unpaired) electrons. The quantitative estimate of drug-likeness (QED) is 0.298. The molecule has 0 atom stereocenters. The summed E-state index contributed by atoms with van der Waals surface area (Å²) in [5.41, 5.74) is 1.10. The average Bonchev–Trinajstić information content (AvgIpc) is 2.21. The number of allylic oxidation sites excluding steroid dienone is 1. The van der Waals surface area contributed by atoms with Crippen molar-refractivity contribution in [3.05, 3.63) is 42.5 Å². The molecule has 1 rings (SSSR count). The minimum Gasteiger partial charge on any atom is -0.337 e. The molecule has 76 valence electrons. The van der Waals surface area contributed by atoms with Crippen LogP contribution in [0.25, 0.3) is 0 Å². The fraction of sp³-hybridized carbons (Fsp3) is 0.333. The summed E-state index contributed by atoms with van der Waals surface area (Å²) in [5.74, 6) is 0.779. The van der Waals surface area contributed by atoms with E-state index in [2.05, 4.69) is 6.58 Å². The number of benzene rings is 1. The molecule has 1 aromatic carbocycles. The van der Waals surface area contributed by atoms with E-state index in [0.717, 1.165) is 24.2 Å². The van der Waals surface area contributed by atoms with Crippen LogP contribution in [0.2, 0.25) is 0 Å². The minimum absolute atomic E-state index is 0.614.